The Balaban J connectivity index is 1.56. The Morgan fingerprint density at radius 3 is 2.71 bits per heavy atom. The molecule has 3 heterocycles. The number of ether oxygens (including phenoxy) is 2. The number of halogens is 1. The molecule has 1 spiro atoms. The first-order valence-corrected chi connectivity index (χ1v) is 11.0. The van der Waals surface area contributed by atoms with E-state index in [9.17, 15) is 9.18 Å². The number of aryl methyl sites for hydroxylation is 1. The molecule has 2 unspecified atom stereocenters. The fourth-order valence-corrected chi connectivity index (χ4v) is 4.73. The van der Waals surface area contributed by atoms with E-state index in [0.29, 0.717) is 17.7 Å². The number of rotatable bonds is 4. The normalized spacial score (nSPS) is 21.3. The SMILES string of the molecule is COc1ccc(CC2CC3(N=C(N)N(C)C3=O)c3cc(-c4cncc(C)c4)ccc3O2)cc1F. The summed E-state index contributed by atoms with van der Waals surface area (Å²) < 4.78 is 25.6. The maximum Gasteiger partial charge on any atom is 0.261 e. The summed E-state index contributed by atoms with van der Waals surface area (Å²) in [4.78, 5) is 23.8. The first-order valence-electron chi connectivity index (χ1n) is 11.0. The van der Waals surface area contributed by atoms with Crippen LogP contribution in [0.15, 0.2) is 59.9 Å². The number of amides is 1. The zero-order chi connectivity index (χ0) is 24.0. The van der Waals surface area contributed by atoms with Crippen molar-refractivity contribution in [1.29, 1.82) is 0 Å². The molecule has 2 aliphatic rings. The molecule has 0 saturated carbocycles. The quantitative estimate of drug-likeness (QED) is 0.643. The van der Waals surface area contributed by atoms with Crippen molar-refractivity contribution in [3.63, 3.8) is 0 Å². The Bertz CT molecular complexity index is 1330. The van der Waals surface area contributed by atoms with Gasteiger partial charge in [-0.05, 0) is 53.9 Å². The van der Waals surface area contributed by atoms with Gasteiger partial charge in [0.2, 0.25) is 0 Å². The summed E-state index contributed by atoms with van der Waals surface area (Å²) in [5.41, 5.74) is 9.17. The summed E-state index contributed by atoms with van der Waals surface area (Å²) in [5, 5.41) is 0. The van der Waals surface area contributed by atoms with Gasteiger partial charge in [-0.1, -0.05) is 12.1 Å². The van der Waals surface area contributed by atoms with Gasteiger partial charge < -0.3 is 15.2 Å². The number of hydrogen-bond donors (Lipinski definition) is 1. The number of pyridine rings is 1. The molecule has 2 aliphatic heterocycles. The number of fused-ring (bicyclic) bond motifs is 2. The highest BCUT2D eigenvalue weighted by Gasteiger charge is 2.53. The Hall–Kier alpha value is -3.94. The molecule has 34 heavy (non-hydrogen) atoms. The van der Waals surface area contributed by atoms with Crippen LogP contribution in [0.5, 0.6) is 11.5 Å². The molecular formula is C26H25FN4O3. The third kappa shape index (κ3) is 3.55. The van der Waals surface area contributed by atoms with Gasteiger partial charge in [-0.2, -0.15) is 0 Å². The highest BCUT2D eigenvalue weighted by Crippen LogP contribution is 2.47. The van der Waals surface area contributed by atoms with E-state index >= 15 is 0 Å². The fraction of sp³-hybridized carbons (Fsp3) is 0.269. The van der Waals surface area contributed by atoms with Crippen LogP contribution in [0.2, 0.25) is 0 Å². The van der Waals surface area contributed by atoms with E-state index in [2.05, 4.69) is 9.98 Å². The van der Waals surface area contributed by atoms with E-state index in [1.807, 2.05) is 31.2 Å². The molecule has 174 valence electrons. The van der Waals surface area contributed by atoms with Crippen LogP contribution in [0.25, 0.3) is 11.1 Å². The van der Waals surface area contributed by atoms with Crippen LogP contribution >= 0.6 is 0 Å². The first-order chi connectivity index (χ1) is 16.3. The average molecular weight is 461 g/mol. The van der Waals surface area contributed by atoms with Crippen molar-refractivity contribution in [2.75, 3.05) is 14.2 Å². The lowest BCUT2D eigenvalue weighted by molar-refractivity contribution is -0.132. The fourth-order valence-electron chi connectivity index (χ4n) is 4.73. The van der Waals surface area contributed by atoms with E-state index in [4.69, 9.17) is 15.2 Å². The molecule has 1 aromatic heterocycles. The Labute approximate surface area is 197 Å². The first kappa shape index (κ1) is 21.9. The van der Waals surface area contributed by atoms with Crippen molar-refractivity contribution in [3.05, 3.63) is 77.4 Å². The maximum absolute atomic E-state index is 14.3. The van der Waals surface area contributed by atoms with Crippen molar-refractivity contribution in [1.82, 2.24) is 9.88 Å². The zero-order valence-corrected chi connectivity index (χ0v) is 19.2. The molecular weight excluding hydrogens is 435 g/mol. The van der Waals surface area contributed by atoms with Crippen molar-refractivity contribution in [3.8, 4) is 22.6 Å². The molecule has 3 aromatic rings. The number of hydrogen-bond acceptors (Lipinski definition) is 6. The van der Waals surface area contributed by atoms with Crippen LogP contribution in [0.3, 0.4) is 0 Å². The van der Waals surface area contributed by atoms with E-state index in [0.717, 1.165) is 22.3 Å². The van der Waals surface area contributed by atoms with Gasteiger partial charge in [0.15, 0.2) is 23.1 Å². The van der Waals surface area contributed by atoms with Gasteiger partial charge >= 0.3 is 0 Å². The number of likely N-dealkylation sites (N-methyl/N-ethyl adjacent to an activating group) is 1. The standard InChI is InChI=1S/C26H25FN4O3/c1-15-8-18(14-29-13-15)17-5-7-22-20(11-17)26(24(32)31(2)25(28)30-26)12-19(34-22)9-16-4-6-23(33-3)21(27)10-16/h4-8,10-11,13-14,19H,9,12H2,1-3H3,(H2,28,30). The minimum Gasteiger partial charge on any atom is -0.494 e. The molecule has 7 nitrogen and oxygen atoms in total. The monoisotopic (exact) mass is 460 g/mol. The minimum absolute atomic E-state index is 0.162. The van der Waals surface area contributed by atoms with Crippen molar-refractivity contribution in [2.24, 2.45) is 10.7 Å². The van der Waals surface area contributed by atoms with E-state index < -0.39 is 17.5 Å². The van der Waals surface area contributed by atoms with Gasteiger partial charge in [0.25, 0.3) is 5.91 Å². The average Bonchev–Trinajstić information content (AvgIpc) is 3.03. The number of nitrogens with zero attached hydrogens (tertiary/aromatic N) is 3. The highest BCUT2D eigenvalue weighted by atomic mass is 19.1. The number of benzene rings is 2. The molecule has 2 atom stereocenters. The lowest BCUT2D eigenvalue weighted by atomic mass is 9.79. The molecule has 0 fully saturated rings. The topological polar surface area (TPSA) is 90.0 Å². The number of nitrogens with two attached hydrogens (primary N) is 1. The Morgan fingerprint density at radius 2 is 2.03 bits per heavy atom. The molecule has 5 rings (SSSR count). The summed E-state index contributed by atoms with van der Waals surface area (Å²) in [6, 6.07) is 12.6. The van der Waals surface area contributed by atoms with Crippen LogP contribution in [0.1, 0.15) is 23.1 Å². The molecule has 2 N–H and O–H groups in total. The van der Waals surface area contributed by atoms with E-state index in [-0.39, 0.29) is 24.0 Å². The summed E-state index contributed by atoms with van der Waals surface area (Å²) in [5.74, 6) is 0.254. The third-order valence-electron chi connectivity index (χ3n) is 6.44. The number of guanidine groups is 1. The molecule has 0 saturated heterocycles. The number of aliphatic imine (C=N–C) groups is 1. The van der Waals surface area contributed by atoms with Crippen molar-refractivity contribution in [2.45, 2.75) is 31.4 Å². The van der Waals surface area contributed by atoms with Crippen molar-refractivity contribution >= 4 is 11.9 Å². The van der Waals surface area contributed by atoms with Gasteiger partial charge in [0.1, 0.15) is 11.9 Å². The minimum atomic E-state index is -1.20. The summed E-state index contributed by atoms with van der Waals surface area (Å²) in [6.07, 6.45) is 3.86. The van der Waals surface area contributed by atoms with Gasteiger partial charge in [-0.3, -0.25) is 14.7 Å². The molecule has 0 bridgehead atoms. The molecule has 2 aromatic carbocycles. The van der Waals surface area contributed by atoms with Gasteiger partial charge in [0.05, 0.1) is 7.11 Å². The molecule has 8 heteroatoms. The van der Waals surface area contributed by atoms with Crippen LogP contribution < -0.4 is 15.2 Å². The predicted octanol–water partition coefficient (Wildman–Crippen LogP) is 3.58. The number of methoxy groups -OCH3 is 1. The van der Waals surface area contributed by atoms with Crippen LogP contribution in [-0.4, -0.2) is 42.0 Å². The highest BCUT2D eigenvalue weighted by molar-refractivity contribution is 6.07. The number of aromatic nitrogens is 1. The third-order valence-corrected chi connectivity index (χ3v) is 6.44. The number of carbonyl (C=O) groups is 1. The van der Waals surface area contributed by atoms with Gasteiger partial charge in [0, 0.05) is 43.4 Å². The second-order valence-electron chi connectivity index (χ2n) is 8.77. The lowest BCUT2D eigenvalue weighted by Gasteiger charge is -2.37. The molecule has 0 aliphatic carbocycles. The second kappa shape index (κ2) is 8.13. The van der Waals surface area contributed by atoms with E-state index in [1.54, 1.807) is 31.6 Å². The smallest absolute Gasteiger partial charge is 0.261 e. The number of carbonyl (C=O) groups excluding carboxylic acids is 1. The van der Waals surface area contributed by atoms with Crippen LogP contribution in [0, 0.1) is 12.7 Å². The summed E-state index contributed by atoms with van der Waals surface area (Å²) in [7, 11) is 3.04. The van der Waals surface area contributed by atoms with Crippen LogP contribution in [-0.2, 0) is 16.8 Å². The molecule has 0 radical (unpaired) electrons. The van der Waals surface area contributed by atoms with Crippen LogP contribution in [0.4, 0.5) is 4.39 Å². The van der Waals surface area contributed by atoms with E-state index in [1.165, 1.54) is 18.1 Å². The van der Waals surface area contributed by atoms with Gasteiger partial charge in [-0.25, -0.2) is 9.38 Å². The lowest BCUT2D eigenvalue weighted by Crippen LogP contribution is -2.46. The van der Waals surface area contributed by atoms with Crippen molar-refractivity contribution < 1.29 is 18.7 Å². The second-order valence-corrected chi connectivity index (χ2v) is 8.77. The Morgan fingerprint density at radius 1 is 1.21 bits per heavy atom. The predicted molar refractivity (Wildman–Crippen MR) is 126 cm³/mol. The summed E-state index contributed by atoms with van der Waals surface area (Å²) in [6.45, 7) is 1.98. The molecule has 1 amide bonds. The van der Waals surface area contributed by atoms with Gasteiger partial charge in [-0.15, -0.1) is 0 Å². The Kier molecular flexibility index (Phi) is 5.23. The zero-order valence-electron chi connectivity index (χ0n) is 19.2. The summed E-state index contributed by atoms with van der Waals surface area (Å²) >= 11 is 0. The largest absolute Gasteiger partial charge is 0.494 e. The maximum atomic E-state index is 14.3.